The van der Waals surface area contributed by atoms with Crippen LogP contribution in [0.2, 0.25) is 0 Å². The molecule has 1 unspecified atom stereocenters. The van der Waals surface area contributed by atoms with Crippen molar-refractivity contribution in [3.8, 4) is 0 Å². The maximum Gasteiger partial charge on any atom is 0.244 e. The highest BCUT2D eigenvalue weighted by molar-refractivity contribution is 7.92. The largest absolute Gasteiger partial charge is 0.354 e. The van der Waals surface area contributed by atoms with Crippen LogP contribution >= 0.6 is 0 Å². The Morgan fingerprint density at radius 3 is 2.00 bits per heavy atom. The summed E-state index contributed by atoms with van der Waals surface area (Å²) >= 11 is 0. The summed E-state index contributed by atoms with van der Waals surface area (Å²) in [5.74, 6) is -1.96. The summed E-state index contributed by atoms with van der Waals surface area (Å²) in [6, 6.07) is 9.36. The fourth-order valence-corrected chi connectivity index (χ4v) is 4.14. The van der Waals surface area contributed by atoms with Gasteiger partial charge in [0, 0.05) is 13.1 Å². The second-order valence-electron chi connectivity index (χ2n) is 7.61. The molecule has 1 N–H and O–H groups in total. The Bertz CT molecular complexity index is 1040. The summed E-state index contributed by atoms with van der Waals surface area (Å²) in [6.07, 6.45) is 1.94. The molecule has 33 heavy (non-hydrogen) atoms. The molecule has 0 saturated heterocycles. The van der Waals surface area contributed by atoms with Crippen molar-refractivity contribution in [1.82, 2.24) is 10.2 Å². The number of anilines is 1. The molecule has 0 spiro atoms. The molecule has 10 heteroatoms. The number of benzene rings is 2. The number of sulfonamides is 1. The van der Waals surface area contributed by atoms with Crippen LogP contribution < -0.4 is 9.62 Å². The fraction of sp³-hybridized carbons (Fsp3) is 0.391. The number of nitrogens with zero attached hydrogens (tertiary/aromatic N) is 2. The first-order chi connectivity index (χ1) is 15.6. The zero-order chi connectivity index (χ0) is 24.6. The molecule has 180 valence electrons. The minimum absolute atomic E-state index is 0.0157. The predicted molar refractivity (Wildman–Crippen MR) is 123 cm³/mol. The zero-order valence-electron chi connectivity index (χ0n) is 18.9. The van der Waals surface area contributed by atoms with E-state index in [-0.39, 0.29) is 24.6 Å². The average Bonchev–Trinajstić information content (AvgIpc) is 2.77. The highest BCUT2D eigenvalue weighted by atomic mass is 32.2. The SMILES string of the molecule is CCCNC(=O)C(CC)N(Cc1ccc(F)cc1)C(=O)CN(c1ccc(F)cc1)S(C)(=O)=O. The van der Waals surface area contributed by atoms with Crippen LogP contribution in [0.5, 0.6) is 0 Å². The van der Waals surface area contributed by atoms with Crippen molar-refractivity contribution in [2.45, 2.75) is 39.3 Å². The van der Waals surface area contributed by atoms with E-state index >= 15 is 0 Å². The van der Waals surface area contributed by atoms with E-state index in [4.69, 9.17) is 0 Å². The van der Waals surface area contributed by atoms with Gasteiger partial charge in [0.1, 0.15) is 24.2 Å². The Labute approximate surface area is 193 Å². The molecule has 0 aliphatic heterocycles. The molecule has 0 saturated carbocycles. The van der Waals surface area contributed by atoms with Crippen LogP contribution in [0.25, 0.3) is 0 Å². The number of carbonyl (C=O) groups is 2. The minimum Gasteiger partial charge on any atom is -0.354 e. The third-order valence-corrected chi connectivity index (χ3v) is 6.14. The van der Waals surface area contributed by atoms with E-state index in [0.717, 1.165) is 22.7 Å². The Hall–Kier alpha value is -3.01. The topological polar surface area (TPSA) is 86.8 Å². The Balaban J connectivity index is 2.39. The second kappa shape index (κ2) is 11.7. The lowest BCUT2D eigenvalue weighted by molar-refractivity contribution is -0.140. The lowest BCUT2D eigenvalue weighted by atomic mass is 10.1. The fourth-order valence-electron chi connectivity index (χ4n) is 3.29. The second-order valence-corrected chi connectivity index (χ2v) is 9.52. The summed E-state index contributed by atoms with van der Waals surface area (Å²) in [4.78, 5) is 27.4. The average molecular weight is 482 g/mol. The van der Waals surface area contributed by atoms with Gasteiger partial charge >= 0.3 is 0 Å². The Morgan fingerprint density at radius 1 is 0.970 bits per heavy atom. The van der Waals surface area contributed by atoms with Gasteiger partial charge in [0.05, 0.1) is 11.9 Å². The van der Waals surface area contributed by atoms with Crippen LogP contribution in [0.1, 0.15) is 32.3 Å². The van der Waals surface area contributed by atoms with Crippen LogP contribution in [0, 0.1) is 11.6 Å². The molecule has 0 bridgehead atoms. The summed E-state index contributed by atoms with van der Waals surface area (Å²) in [6.45, 7) is 3.48. The van der Waals surface area contributed by atoms with Crippen molar-refractivity contribution in [3.63, 3.8) is 0 Å². The van der Waals surface area contributed by atoms with Gasteiger partial charge in [0.2, 0.25) is 21.8 Å². The zero-order valence-corrected chi connectivity index (χ0v) is 19.7. The Morgan fingerprint density at radius 2 is 1.52 bits per heavy atom. The number of carbonyl (C=O) groups excluding carboxylic acids is 2. The van der Waals surface area contributed by atoms with Crippen molar-refractivity contribution >= 4 is 27.5 Å². The highest BCUT2D eigenvalue weighted by Gasteiger charge is 2.31. The first-order valence-electron chi connectivity index (χ1n) is 10.6. The van der Waals surface area contributed by atoms with Crippen molar-refractivity contribution in [2.24, 2.45) is 0 Å². The number of rotatable bonds is 11. The van der Waals surface area contributed by atoms with Gasteiger partial charge in [-0.2, -0.15) is 0 Å². The van der Waals surface area contributed by atoms with E-state index in [0.29, 0.717) is 18.5 Å². The smallest absolute Gasteiger partial charge is 0.244 e. The van der Waals surface area contributed by atoms with Crippen LogP contribution in [-0.2, 0) is 26.2 Å². The molecular formula is C23H29F2N3O4S. The van der Waals surface area contributed by atoms with E-state index in [1.54, 1.807) is 6.92 Å². The number of halogens is 2. The molecule has 2 amide bonds. The van der Waals surface area contributed by atoms with E-state index in [9.17, 15) is 26.8 Å². The number of nitrogens with one attached hydrogen (secondary N) is 1. The predicted octanol–water partition coefficient (Wildman–Crippen LogP) is 3.06. The summed E-state index contributed by atoms with van der Waals surface area (Å²) in [5, 5.41) is 2.77. The molecule has 0 aliphatic carbocycles. The standard InChI is InChI=1S/C23H29F2N3O4S/c1-4-14-26-23(30)21(5-2)27(15-17-6-8-18(24)9-7-17)22(29)16-28(33(3,31)32)20-12-10-19(25)11-13-20/h6-13,21H,4-5,14-16H2,1-3H3,(H,26,30). The van der Waals surface area contributed by atoms with Crippen molar-refractivity contribution < 1.29 is 26.8 Å². The van der Waals surface area contributed by atoms with Crippen LogP contribution in [0.15, 0.2) is 48.5 Å². The van der Waals surface area contributed by atoms with Crippen LogP contribution in [-0.4, -0.2) is 50.5 Å². The van der Waals surface area contributed by atoms with Crippen molar-refractivity contribution in [1.29, 1.82) is 0 Å². The molecule has 2 rings (SSSR count). The number of amides is 2. The lowest BCUT2D eigenvalue weighted by Crippen LogP contribution is -2.52. The molecule has 2 aromatic carbocycles. The minimum atomic E-state index is -3.89. The molecule has 0 aliphatic rings. The number of hydrogen-bond donors (Lipinski definition) is 1. The van der Waals surface area contributed by atoms with Crippen LogP contribution in [0.4, 0.5) is 14.5 Å². The third-order valence-electron chi connectivity index (χ3n) is 5.00. The van der Waals surface area contributed by atoms with Gasteiger partial charge in [-0.3, -0.25) is 13.9 Å². The third kappa shape index (κ3) is 7.52. The molecular weight excluding hydrogens is 452 g/mol. The normalized spacial score (nSPS) is 12.2. The van der Waals surface area contributed by atoms with Crippen molar-refractivity contribution in [2.75, 3.05) is 23.7 Å². The molecule has 0 heterocycles. The molecule has 1 atom stereocenters. The van der Waals surface area contributed by atoms with Gasteiger partial charge in [-0.25, -0.2) is 17.2 Å². The first kappa shape index (κ1) is 26.2. The molecule has 0 fully saturated rings. The van der Waals surface area contributed by atoms with Crippen molar-refractivity contribution in [3.05, 3.63) is 65.7 Å². The lowest BCUT2D eigenvalue weighted by Gasteiger charge is -2.32. The number of hydrogen-bond acceptors (Lipinski definition) is 4. The molecule has 0 radical (unpaired) electrons. The van der Waals surface area contributed by atoms with Gasteiger partial charge in [-0.1, -0.05) is 26.0 Å². The van der Waals surface area contributed by atoms with Gasteiger partial charge in [0.25, 0.3) is 0 Å². The molecule has 7 nitrogen and oxygen atoms in total. The first-order valence-corrected chi connectivity index (χ1v) is 12.5. The van der Waals surface area contributed by atoms with E-state index in [1.165, 1.54) is 41.3 Å². The van der Waals surface area contributed by atoms with E-state index in [2.05, 4.69) is 5.32 Å². The van der Waals surface area contributed by atoms with Crippen LogP contribution in [0.3, 0.4) is 0 Å². The van der Waals surface area contributed by atoms with E-state index < -0.39 is 40.2 Å². The van der Waals surface area contributed by atoms with E-state index in [1.807, 2.05) is 6.92 Å². The summed E-state index contributed by atoms with van der Waals surface area (Å²) in [5.41, 5.74) is 0.705. The molecule has 2 aromatic rings. The highest BCUT2D eigenvalue weighted by Crippen LogP contribution is 2.20. The Kier molecular flexibility index (Phi) is 9.33. The summed E-state index contributed by atoms with van der Waals surface area (Å²) < 4.78 is 52.4. The van der Waals surface area contributed by atoms with Gasteiger partial charge < -0.3 is 10.2 Å². The monoisotopic (exact) mass is 481 g/mol. The van der Waals surface area contributed by atoms with Gasteiger partial charge in [-0.05, 0) is 54.8 Å². The maximum absolute atomic E-state index is 13.4. The summed E-state index contributed by atoms with van der Waals surface area (Å²) in [7, 11) is -3.89. The van der Waals surface area contributed by atoms with Gasteiger partial charge in [-0.15, -0.1) is 0 Å². The quantitative estimate of drug-likeness (QED) is 0.535. The molecule has 0 aromatic heterocycles. The van der Waals surface area contributed by atoms with Gasteiger partial charge in [0.15, 0.2) is 0 Å². The maximum atomic E-state index is 13.4.